The van der Waals surface area contributed by atoms with Crippen LogP contribution in [-0.2, 0) is 17.9 Å². The first kappa shape index (κ1) is 20.4. The maximum atomic E-state index is 13.7. The lowest BCUT2D eigenvalue weighted by Gasteiger charge is -2.11. The molecule has 0 unspecified atom stereocenters. The van der Waals surface area contributed by atoms with Gasteiger partial charge in [-0.15, -0.1) is 0 Å². The molecule has 0 fully saturated rings. The summed E-state index contributed by atoms with van der Waals surface area (Å²) < 4.78 is 26.9. The van der Waals surface area contributed by atoms with Gasteiger partial charge >= 0.3 is 0 Å². The van der Waals surface area contributed by atoms with E-state index in [0.717, 1.165) is 23.8 Å². The van der Waals surface area contributed by atoms with Gasteiger partial charge in [-0.05, 0) is 30.7 Å². The van der Waals surface area contributed by atoms with Crippen LogP contribution in [0.2, 0.25) is 0 Å². The molecule has 0 saturated heterocycles. The van der Waals surface area contributed by atoms with Crippen LogP contribution in [0, 0.1) is 11.6 Å². The maximum Gasteiger partial charge on any atom is 0.222 e. The van der Waals surface area contributed by atoms with Crippen molar-refractivity contribution < 1.29 is 13.6 Å². The quantitative estimate of drug-likeness (QED) is 0.492. The Bertz CT molecular complexity index is 766. The Hall–Kier alpha value is -2.96. The zero-order chi connectivity index (χ0) is 19.5. The summed E-state index contributed by atoms with van der Waals surface area (Å²) in [5, 5.41) is 8.87. The molecule has 7 heteroatoms. The second kappa shape index (κ2) is 10.9. The van der Waals surface area contributed by atoms with Crippen molar-refractivity contribution in [3.63, 3.8) is 0 Å². The smallest absolute Gasteiger partial charge is 0.222 e. The van der Waals surface area contributed by atoms with Gasteiger partial charge in [-0.3, -0.25) is 4.79 Å². The number of benzene rings is 2. The molecule has 0 aliphatic carbocycles. The SMILES string of the molecule is CCNC(=NCc1cc(F)ccc1F)NCCC(=O)NCc1ccccc1. The van der Waals surface area contributed by atoms with E-state index in [0.29, 0.717) is 25.6 Å². The molecular weight excluding hydrogens is 350 g/mol. The molecule has 0 atom stereocenters. The standard InChI is InChI=1S/C20H24F2N4O/c1-2-23-20(26-14-16-12-17(21)8-9-18(16)22)24-11-10-19(27)25-13-15-6-4-3-5-7-15/h3-9,12H,2,10-11,13-14H2,1H3,(H,25,27)(H2,23,24,26). The summed E-state index contributed by atoms with van der Waals surface area (Å²) in [5.74, 6) is -0.652. The number of halogens is 2. The van der Waals surface area contributed by atoms with E-state index in [1.54, 1.807) is 0 Å². The number of rotatable bonds is 8. The van der Waals surface area contributed by atoms with Gasteiger partial charge in [-0.1, -0.05) is 30.3 Å². The molecule has 0 saturated carbocycles. The minimum Gasteiger partial charge on any atom is -0.357 e. The number of carbonyl (C=O) groups is 1. The zero-order valence-electron chi connectivity index (χ0n) is 15.3. The van der Waals surface area contributed by atoms with Crippen LogP contribution in [0.1, 0.15) is 24.5 Å². The van der Waals surface area contributed by atoms with Gasteiger partial charge in [-0.2, -0.15) is 0 Å². The van der Waals surface area contributed by atoms with Crippen LogP contribution >= 0.6 is 0 Å². The fourth-order valence-electron chi connectivity index (χ4n) is 2.35. The fourth-order valence-corrected chi connectivity index (χ4v) is 2.35. The van der Waals surface area contributed by atoms with Crippen LogP contribution in [0.3, 0.4) is 0 Å². The third-order valence-electron chi connectivity index (χ3n) is 3.74. The first-order valence-electron chi connectivity index (χ1n) is 8.85. The average molecular weight is 374 g/mol. The van der Waals surface area contributed by atoms with Crippen molar-refractivity contribution in [1.29, 1.82) is 0 Å². The van der Waals surface area contributed by atoms with Crippen LogP contribution < -0.4 is 16.0 Å². The Labute approximate surface area is 157 Å². The van der Waals surface area contributed by atoms with Gasteiger partial charge in [0.05, 0.1) is 6.54 Å². The van der Waals surface area contributed by atoms with Crippen LogP contribution in [0.15, 0.2) is 53.5 Å². The second-order valence-corrected chi connectivity index (χ2v) is 5.87. The number of nitrogens with zero attached hydrogens (tertiary/aromatic N) is 1. The lowest BCUT2D eigenvalue weighted by atomic mass is 10.2. The Morgan fingerprint density at radius 1 is 1.04 bits per heavy atom. The van der Waals surface area contributed by atoms with Gasteiger partial charge in [0.15, 0.2) is 5.96 Å². The minimum atomic E-state index is -0.505. The Kier molecular flexibility index (Phi) is 8.22. The van der Waals surface area contributed by atoms with E-state index in [-0.39, 0.29) is 24.4 Å². The molecular formula is C20H24F2N4O. The maximum absolute atomic E-state index is 13.7. The topological polar surface area (TPSA) is 65.5 Å². The van der Waals surface area contributed by atoms with Crippen molar-refractivity contribution in [1.82, 2.24) is 16.0 Å². The number of hydrogen-bond acceptors (Lipinski definition) is 2. The van der Waals surface area contributed by atoms with E-state index >= 15 is 0 Å². The summed E-state index contributed by atoms with van der Waals surface area (Å²) in [5.41, 5.74) is 1.21. The van der Waals surface area contributed by atoms with E-state index in [2.05, 4.69) is 20.9 Å². The van der Waals surface area contributed by atoms with Gasteiger partial charge < -0.3 is 16.0 Å². The van der Waals surface area contributed by atoms with Gasteiger partial charge in [0.2, 0.25) is 5.91 Å². The largest absolute Gasteiger partial charge is 0.357 e. The van der Waals surface area contributed by atoms with Crippen LogP contribution in [0.4, 0.5) is 8.78 Å². The minimum absolute atomic E-state index is 0.000863. The molecule has 2 aromatic rings. The molecule has 0 bridgehead atoms. The Morgan fingerprint density at radius 3 is 2.56 bits per heavy atom. The number of aliphatic imine (C=N–C) groups is 1. The lowest BCUT2D eigenvalue weighted by Crippen LogP contribution is -2.39. The molecule has 5 nitrogen and oxygen atoms in total. The molecule has 0 aromatic heterocycles. The first-order valence-corrected chi connectivity index (χ1v) is 8.85. The Morgan fingerprint density at radius 2 is 1.81 bits per heavy atom. The number of amides is 1. The number of guanidine groups is 1. The van der Waals surface area contributed by atoms with E-state index in [1.807, 2.05) is 37.3 Å². The van der Waals surface area contributed by atoms with Crippen LogP contribution in [0.25, 0.3) is 0 Å². The highest BCUT2D eigenvalue weighted by Gasteiger charge is 2.05. The highest BCUT2D eigenvalue weighted by molar-refractivity contribution is 5.81. The van der Waals surface area contributed by atoms with Gasteiger partial charge in [0.1, 0.15) is 11.6 Å². The van der Waals surface area contributed by atoms with Crippen molar-refractivity contribution in [2.75, 3.05) is 13.1 Å². The third kappa shape index (κ3) is 7.43. The Balaban J connectivity index is 1.79. The predicted molar refractivity (Wildman–Crippen MR) is 102 cm³/mol. The van der Waals surface area contributed by atoms with Crippen molar-refractivity contribution in [3.8, 4) is 0 Å². The number of nitrogens with one attached hydrogen (secondary N) is 3. The summed E-state index contributed by atoms with van der Waals surface area (Å²) in [4.78, 5) is 16.1. The van der Waals surface area contributed by atoms with Crippen LogP contribution in [-0.4, -0.2) is 25.0 Å². The van der Waals surface area contributed by atoms with Gasteiger partial charge in [0, 0.05) is 31.6 Å². The molecule has 0 aliphatic heterocycles. The monoisotopic (exact) mass is 374 g/mol. The molecule has 1 amide bonds. The average Bonchev–Trinajstić information content (AvgIpc) is 2.67. The highest BCUT2D eigenvalue weighted by Crippen LogP contribution is 2.10. The zero-order valence-corrected chi connectivity index (χ0v) is 15.3. The number of carbonyl (C=O) groups excluding carboxylic acids is 1. The first-order chi connectivity index (χ1) is 13.1. The van der Waals surface area contributed by atoms with Crippen molar-refractivity contribution in [2.45, 2.75) is 26.4 Å². The fraction of sp³-hybridized carbons (Fsp3) is 0.300. The highest BCUT2D eigenvalue weighted by atomic mass is 19.1. The molecule has 144 valence electrons. The molecule has 2 rings (SSSR count). The normalized spacial score (nSPS) is 11.1. The summed E-state index contributed by atoms with van der Waals surface area (Å²) >= 11 is 0. The summed E-state index contributed by atoms with van der Waals surface area (Å²) in [6.07, 6.45) is 0.269. The van der Waals surface area contributed by atoms with Crippen molar-refractivity contribution in [2.24, 2.45) is 4.99 Å². The molecule has 0 aliphatic rings. The molecule has 0 radical (unpaired) electrons. The van der Waals surface area contributed by atoms with Crippen molar-refractivity contribution in [3.05, 3.63) is 71.3 Å². The molecule has 2 aromatic carbocycles. The van der Waals surface area contributed by atoms with Crippen LogP contribution in [0.5, 0.6) is 0 Å². The van der Waals surface area contributed by atoms with E-state index < -0.39 is 11.6 Å². The van der Waals surface area contributed by atoms with E-state index in [1.165, 1.54) is 0 Å². The summed E-state index contributed by atoms with van der Waals surface area (Å²) in [7, 11) is 0. The molecule has 3 N–H and O–H groups in total. The van der Waals surface area contributed by atoms with Crippen molar-refractivity contribution >= 4 is 11.9 Å². The molecule has 27 heavy (non-hydrogen) atoms. The molecule has 0 spiro atoms. The van der Waals surface area contributed by atoms with E-state index in [4.69, 9.17) is 0 Å². The van der Waals surface area contributed by atoms with Gasteiger partial charge in [0.25, 0.3) is 0 Å². The van der Waals surface area contributed by atoms with E-state index in [9.17, 15) is 13.6 Å². The summed E-state index contributed by atoms with van der Waals surface area (Å²) in [6.45, 7) is 3.36. The molecule has 0 heterocycles. The second-order valence-electron chi connectivity index (χ2n) is 5.87. The van der Waals surface area contributed by atoms with Gasteiger partial charge in [-0.25, -0.2) is 13.8 Å². The predicted octanol–water partition coefficient (Wildman–Crippen LogP) is 2.73. The lowest BCUT2D eigenvalue weighted by molar-refractivity contribution is -0.121. The summed E-state index contributed by atoms with van der Waals surface area (Å²) in [6, 6.07) is 12.9. The number of hydrogen-bond donors (Lipinski definition) is 3. The third-order valence-corrected chi connectivity index (χ3v) is 3.74.